The highest BCUT2D eigenvalue weighted by Crippen LogP contribution is 2.31. The Morgan fingerprint density at radius 3 is 2.72 bits per heavy atom. The number of aliphatic hydroxyl groups excluding tert-OH is 1. The number of aliphatic hydroxyl groups is 1. The van der Waals surface area contributed by atoms with Gasteiger partial charge in [0.1, 0.15) is 0 Å². The van der Waals surface area contributed by atoms with Crippen LogP contribution in [0.5, 0.6) is 11.5 Å². The van der Waals surface area contributed by atoms with Gasteiger partial charge in [-0.1, -0.05) is 24.3 Å². The molecule has 6 heteroatoms. The van der Waals surface area contributed by atoms with Crippen LogP contribution in [0.1, 0.15) is 22.0 Å². The van der Waals surface area contributed by atoms with Gasteiger partial charge in [0.05, 0.1) is 25.9 Å². The van der Waals surface area contributed by atoms with Crippen LogP contribution in [0.15, 0.2) is 47.8 Å². The molecule has 1 atom stereocenters. The number of carbonyl (C=O) groups is 1. The lowest BCUT2D eigenvalue weighted by molar-refractivity contribution is 0.0913. The van der Waals surface area contributed by atoms with Crippen molar-refractivity contribution in [3.63, 3.8) is 0 Å². The van der Waals surface area contributed by atoms with Gasteiger partial charge in [-0.15, -0.1) is 11.3 Å². The van der Waals surface area contributed by atoms with Gasteiger partial charge < -0.3 is 19.9 Å². The van der Waals surface area contributed by atoms with Crippen LogP contribution >= 0.6 is 11.3 Å². The van der Waals surface area contributed by atoms with E-state index in [1.807, 2.05) is 29.6 Å². The third-order valence-corrected chi connectivity index (χ3v) is 4.96. The molecule has 2 N–H and O–H groups in total. The second kappa shape index (κ2) is 7.55. The molecule has 1 aromatic heterocycles. The van der Waals surface area contributed by atoms with Crippen LogP contribution in [0.3, 0.4) is 0 Å². The first kappa shape index (κ1) is 17.3. The third-order valence-electron chi connectivity index (χ3n) is 3.97. The van der Waals surface area contributed by atoms with Gasteiger partial charge in [0.25, 0.3) is 5.91 Å². The van der Waals surface area contributed by atoms with Gasteiger partial charge in [0.15, 0.2) is 11.5 Å². The van der Waals surface area contributed by atoms with Crippen molar-refractivity contribution >= 4 is 27.3 Å². The lowest BCUT2D eigenvalue weighted by Crippen LogP contribution is -2.28. The van der Waals surface area contributed by atoms with Crippen molar-refractivity contribution in [3.05, 3.63) is 59.0 Å². The first-order chi connectivity index (χ1) is 12.2. The Hall–Kier alpha value is -2.57. The Labute approximate surface area is 149 Å². The van der Waals surface area contributed by atoms with Gasteiger partial charge in [0.2, 0.25) is 0 Å². The van der Waals surface area contributed by atoms with Gasteiger partial charge in [-0.2, -0.15) is 0 Å². The summed E-state index contributed by atoms with van der Waals surface area (Å²) in [6.45, 7) is 0.111. The van der Waals surface area contributed by atoms with Crippen LogP contribution in [0, 0.1) is 0 Å². The van der Waals surface area contributed by atoms with Crippen molar-refractivity contribution in [1.82, 2.24) is 5.32 Å². The lowest BCUT2D eigenvalue weighted by atomic mass is 10.1. The maximum atomic E-state index is 12.5. The monoisotopic (exact) mass is 357 g/mol. The maximum absolute atomic E-state index is 12.5. The number of thiophene rings is 1. The van der Waals surface area contributed by atoms with E-state index in [-0.39, 0.29) is 12.5 Å². The summed E-state index contributed by atoms with van der Waals surface area (Å²) in [4.78, 5) is 12.5. The van der Waals surface area contributed by atoms with Crippen LogP contribution in [0.25, 0.3) is 10.1 Å². The van der Waals surface area contributed by atoms with E-state index in [1.165, 1.54) is 14.2 Å². The largest absolute Gasteiger partial charge is 0.493 e. The van der Waals surface area contributed by atoms with Gasteiger partial charge in [-0.05, 0) is 29.0 Å². The van der Waals surface area contributed by atoms with Gasteiger partial charge in [0, 0.05) is 16.8 Å². The molecule has 0 radical (unpaired) electrons. The van der Waals surface area contributed by atoms with Gasteiger partial charge in [-0.25, -0.2) is 0 Å². The topological polar surface area (TPSA) is 67.8 Å². The van der Waals surface area contributed by atoms with Crippen LogP contribution in [-0.2, 0) is 0 Å². The molecule has 0 aliphatic rings. The van der Waals surface area contributed by atoms with E-state index < -0.39 is 6.10 Å². The molecule has 5 nitrogen and oxygen atoms in total. The molecule has 1 amide bonds. The van der Waals surface area contributed by atoms with Crippen molar-refractivity contribution in [2.24, 2.45) is 0 Å². The number of nitrogens with one attached hydrogen (secondary N) is 1. The van der Waals surface area contributed by atoms with E-state index in [0.29, 0.717) is 17.1 Å². The number of para-hydroxylation sites is 1. The number of hydrogen-bond acceptors (Lipinski definition) is 5. The molecule has 0 saturated heterocycles. The molecular weight excluding hydrogens is 338 g/mol. The Balaban J connectivity index is 1.74. The summed E-state index contributed by atoms with van der Waals surface area (Å²) in [5, 5.41) is 16.2. The van der Waals surface area contributed by atoms with E-state index in [2.05, 4.69) is 5.32 Å². The van der Waals surface area contributed by atoms with Crippen molar-refractivity contribution in [1.29, 1.82) is 0 Å². The molecule has 0 fully saturated rings. The Kier molecular flexibility index (Phi) is 5.21. The van der Waals surface area contributed by atoms with E-state index in [9.17, 15) is 9.90 Å². The van der Waals surface area contributed by atoms with E-state index in [1.54, 1.807) is 29.5 Å². The van der Waals surface area contributed by atoms with Crippen LogP contribution in [0.4, 0.5) is 0 Å². The number of benzene rings is 2. The number of hydrogen-bond donors (Lipinski definition) is 2. The second-order valence-corrected chi connectivity index (χ2v) is 6.37. The molecule has 0 saturated carbocycles. The fraction of sp³-hybridized carbons (Fsp3) is 0.211. The molecule has 1 heterocycles. The number of carbonyl (C=O) groups excluding carboxylic acids is 1. The average molecular weight is 357 g/mol. The SMILES string of the molecule is COc1cccc(C(=O)NCC(O)c2csc3ccccc23)c1OC. The molecule has 3 rings (SSSR count). The molecule has 2 aromatic carbocycles. The average Bonchev–Trinajstić information content (AvgIpc) is 3.09. The van der Waals surface area contributed by atoms with Gasteiger partial charge in [-0.3, -0.25) is 4.79 Å². The molecule has 0 aliphatic heterocycles. The zero-order chi connectivity index (χ0) is 17.8. The first-order valence-electron chi connectivity index (χ1n) is 7.79. The Morgan fingerprint density at radius 2 is 1.96 bits per heavy atom. The minimum atomic E-state index is -0.781. The molecular formula is C19H19NO4S. The smallest absolute Gasteiger partial charge is 0.255 e. The van der Waals surface area contributed by atoms with Gasteiger partial charge >= 0.3 is 0 Å². The Morgan fingerprint density at radius 1 is 1.16 bits per heavy atom. The van der Waals surface area contributed by atoms with E-state index >= 15 is 0 Å². The summed E-state index contributed by atoms with van der Waals surface area (Å²) in [6.07, 6.45) is -0.781. The third kappa shape index (κ3) is 3.45. The normalized spacial score (nSPS) is 12.0. The minimum Gasteiger partial charge on any atom is -0.493 e. The van der Waals surface area contributed by atoms with Crippen molar-refractivity contribution in [2.45, 2.75) is 6.10 Å². The fourth-order valence-corrected chi connectivity index (χ4v) is 3.72. The maximum Gasteiger partial charge on any atom is 0.255 e. The molecule has 25 heavy (non-hydrogen) atoms. The Bertz CT molecular complexity index is 890. The zero-order valence-corrected chi connectivity index (χ0v) is 14.8. The van der Waals surface area contributed by atoms with Crippen molar-refractivity contribution in [2.75, 3.05) is 20.8 Å². The zero-order valence-electron chi connectivity index (χ0n) is 14.0. The van der Waals surface area contributed by atoms with E-state index in [0.717, 1.165) is 15.6 Å². The number of amides is 1. The summed E-state index contributed by atoms with van der Waals surface area (Å²) in [6, 6.07) is 13.0. The number of ether oxygens (including phenoxy) is 2. The molecule has 3 aromatic rings. The molecule has 130 valence electrons. The number of methoxy groups -OCH3 is 2. The summed E-state index contributed by atoms with van der Waals surface area (Å²) in [5.41, 5.74) is 1.18. The summed E-state index contributed by atoms with van der Waals surface area (Å²) >= 11 is 1.57. The molecule has 0 bridgehead atoms. The van der Waals surface area contributed by atoms with Crippen LogP contribution in [-0.4, -0.2) is 31.8 Å². The predicted octanol–water partition coefficient (Wildman–Crippen LogP) is 3.38. The van der Waals surface area contributed by atoms with Crippen molar-refractivity contribution in [3.8, 4) is 11.5 Å². The number of rotatable bonds is 6. The fourth-order valence-electron chi connectivity index (χ4n) is 2.72. The highest BCUT2D eigenvalue weighted by Gasteiger charge is 2.18. The summed E-state index contributed by atoms with van der Waals surface area (Å²) in [7, 11) is 3.01. The number of fused-ring (bicyclic) bond motifs is 1. The first-order valence-corrected chi connectivity index (χ1v) is 8.67. The lowest BCUT2D eigenvalue weighted by Gasteiger charge is -2.14. The van der Waals surface area contributed by atoms with E-state index in [4.69, 9.17) is 9.47 Å². The quantitative estimate of drug-likeness (QED) is 0.710. The van der Waals surface area contributed by atoms with Crippen LogP contribution < -0.4 is 14.8 Å². The molecule has 1 unspecified atom stereocenters. The standard InChI is InChI=1S/C19H19NO4S/c1-23-16-8-5-7-13(18(16)24-2)19(22)20-10-15(21)14-11-25-17-9-4-3-6-12(14)17/h3-9,11,15,21H,10H2,1-2H3,(H,20,22). The van der Waals surface area contributed by atoms with Crippen LogP contribution in [0.2, 0.25) is 0 Å². The molecule has 0 aliphatic carbocycles. The molecule has 0 spiro atoms. The minimum absolute atomic E-state index is 0.111. The highest BCUT2D eigenvalue weighted by molar-refractivity contribution is 7.17. The highest BCUT2D eigenvalue weighted by atomic mass is 32.1. The second-order valence-electron chi connectivity index (χ2n) is 5.45. The van der Waals surface area contributed by atoms with Crippen molar-refractivity contribution < 1.29 is 19.4 Å². The summed E-state index contributed by atoms with van der Waals surface area (Å²) in [5.74, 6) is 0.534. The summed E-state index contributed by atoms with van der Waals surface area (Å²) < 4.78 is 11.6. The predicted molar refractivity (Wildman–Crippen MR) is 98.7 cm³/mol.